The summed E-state index contributed by atoms with van der Waals surface area (Å²) >= 11 is 0. The van der Waals surface area contributed by atoms with Crippen LogP contribution in [-0.2, 0) is 10.1 Å². The Morgan fingerprint density at radius 1 is 1.05 bits per heavy atom. The smallest absolute Gasteiger partial charge is 0.497 e. The quantitative estimate of drug-likeness (QED) is 0.625. The zero-order valence-corrected chi connectivity index (χ0v) is 13.0. The molecular formula is C14H15F3O4S. The first kappa shape index (κ1) is 18.1. The summed E-state index contributed by atoms with van der Waals surface area (Å²) in [5, 5.41) is 0.736. The van der Waals surface area contributed by atoms with Crippen LogP contribution in [0.3, 0.4) is 0 Å². The summed E-state index contributed by atoms with van der Waals surface area (Å²) in [5.41, 5.74) is -5.48. The van der Waals surface area contributed by atoms with Crippen LogP contribution >= 0.6 is 0 Å². The molecule has 122 valence electrons. The van der Waals surface area contributed by atoms with Crippen molar-refractivity contribution in [3.05, 3.63) is 36.4 Å². The molecule has 22 heavy (non-hydrogen) atoms. The largest absolute Gasteiger partial charge is 0.534 e. The summed E-state index contributed by atoms with van der Waals surface area (Å²) in [6.07, 6.45) is 0. The van der Waals surface area contributed by atoms with Gasteiger partial charge in [0, 0.05) is 5.39 Å². The first-order valence-electron chi connectivity index (χ1n) is 6.32. The molecule has 0 aliphatic carbocycles. The van der Waals surface area contributed by atoms with Gasteiger partial charge in [-0.25, -0.2) is 0 Å². The van der Waals surface area contributed by atoms with Gasteiger partial charge in [-0.15, -0.1) is 0 Å². The standard InChI is InChI=1S/C12H9F3O4S.C2H6/c1-18-9-6-5-8-3-2-4-11(10(8)7-9)19-20(16,17)12(13,14)15;1-2/h2-7H,1H3;1-2H3. The second-order valence-corrected chi connectivity index (χ2v) is 5.36. The van der Waals surface area contributed by atoms with E-state index in [0.717, 1.165) is 6.07 Å². The van der Waals surface area contributed by atoms with E-state index in [0.29, 0.717) is 11.1 Å². The van der Waals surface area contributed by atoms with Gasteiger partial charge in [0.05, 0.1) is 7.11 Å². The van der Waals surface area contributed by atoms with Crippen molar-refractivity contribution in [2.75, 3.05) is 7.11 Å². The maximum atomic E-state index is 12.3. The number of benzene rings is 2. The Balaban J connectivity index is 0.00000116. The predicted molar refractivity (Wildman–Crippen MR) is 77.5 cm³/mol. The summed E-state index contributed by atoms with van der Waals surface area (Å²) in [5.74, 6) is -0.0309. The summed E-state index contributed by atoms with van der Waals surface area (Å²) in [6.45, 7) is 4.00. The van der Waals surface area contributed by atoms with Crippen molar-refractivity contribution < 1.29 is 30.5 Å². The van der Waals surface area contributed by atoms with Gasteiger partial charge in [-0.3, -0.25) is 0 Å². The molecule has 0 amide bonds. The predicted octanol–water partition coefficient (Wildman–Crippen LogP) is 4.10. The Bertz CT molecular complexity index is 739. The van der Waals surface area contributed by atoms with E-state index < -0.39 is 21.4 Å². The van der Waals surface area contributed by atoms with Gasteiger partial charge < -0.3 is 8.92 Å². The lowest BCUT2D eigenvalue weighted by Gasteiger charge is -2.12. The van der Waals surface area contributed by atoms with Gasteiger partial charge in [-0.05, 0) is 23.6 Å². The second kappa shape index (κ2) is 6.87. The van der Waals surface area contributed by atoms with E-state index in [9.17, 15) is 21.6 Å². The zero-order valence-electron chi connectivity index (χ0n) is 12.1. The van der Waals surface area contributed by atoms with Crippen LogP contribution < -0.4 is 8.92 Å². The molecule has 8 heteroatoms. The third-order valence-electron chi connectivity index (χ3n) is 2.53. The minimum atomic E-state index is -5.70. The molecule has 0 heterocycles. The molecular weight excluding hydrogens is 321 g/mol. The Kier molecular flexibility index (Phi) is 5.65. The van der Waals surface area contributed by atoms with Crippen molar-refractivity contribution in [3.8, 4) is 11.5 Å². The molecule has 0 saturated heterocycles. The number of hydrogen-bond donors (Lipinski definition) is 0. The Labute approximate surface area is 126 Å². The highest BCUT2D eigenvalue weighted by molar-refractivity contribution is 7.88. The molecule has 0 aromatic heterocycles. The topological polar surface area (TPSA) is 52.6 Å². The van der Waals surface area contributed by atoms with Crippen molar-refractivity contribution in [3.63, 3.8) is 0 Å². The molecule has 0 unspecified atom stereocenters. The molecule has 0 N–H and O–H groups in total. The fourth-order valence-corrected chi connectivity index (χ4v) is 2.06. The van der Waals surface area contributed by atoms with Crippen LogP contribution in [0.25, 0.3) is 10.8 Å². The summed E-state index contributed by atoms with van der Waals surface area (Å²) < 4.78 is 68.2. The van der Waals surface area contributed by atoms with Crippen molar-refractivity contribution in [1.82, 2.24) is 0 Å². The van der Waals surface area contributed by atoms with Gasteiger partial charge in [-0.1, -0.05) is 32.0 Å². The first-order valence-corrected chi connectivity index (χ1v) is 7.73. The van der Waals surface area contributed by atoms with E-state index in [-0.39, 0.29) is 5.39 Å². The van der Waals surface area contributed by atoms with Crippen LogP contribution in [0.2, 0.25) is 0 Å². The normalized spacial score (nSPS) is 11.5. The second-order valence-electron chi connectivity index (χ2n) is 3.83. The van der Waals surface area contributed by atoms with Crippen molar-refractivity contribution in [2.45, 2.75) is 19.4 Å². The number of methoxy groups -OCH3 is 1. The molecule has 0 saturated carbocycles. The minimum Gasteiger partial charge on any atom is -0.497 e. The van der Waals surface area contributed by atoms with Crippen LogP contribution in [0.1, 0.15) is 13.8 Å². The van der Waals surface area contributed by atoms with Crippen molar-refractivity contribution in [2.24, 2.45) is 0 Å². The van der Waals surface area contributed by atoms with E-state index in [2.05, 4.69) is 4.18 Å². The Hall–Kier alpha value is -1.96. The zero-order chi connectivity index (χ0) is 17.0. The number of hydrogen-bond acceptors (Lipinski definition) is 4. The molecule has 0 spiro atoms. The van der Waals surface area contributed by atoms with Gasteiger partial charge in [0.1, 0.15) is 5.75 Å². The number of ether oxygens (including phenoxy) is 1. The van der Waals surface area contributed by atoms with E-state index >= 15 is 0 Å². The summed E-state index contributed by atoms with van der Waals surface area (Å²) in [7, 11) is -4.32. The van der Waals surface area contributed by atoms with Crippen LogP contribution in [0, 0.1) is 0 Å². The molecule has 0 atom stereocenters. The van der Waals surface area contributed by atoms with E-state index in [1.807, 2.05) is 13.8 Å². The third kappa shape index (κ3) is 3.82. The van der Waals surface area contributed by atoms with Crippen LogP contribution in [-0.4, -0.2) is 21.0 Å². The third-order valence-corrected chi connectivity index (χ3v) is 3.50. The lowest BCUT2D eigenvalue weighted by Crippen LogP contribution is -2.28. The molecule has 0 radical (unpaired) electrons. The van der Waals surface area contributed by atoms with Gasteiger partial charge in [0.15, 0.2) is 5.75 Å². The average molecular weight is 336 g/mol. The van der Waals surface area contributed by atoms with Crippen LogP contribution in [0.15, 0.2) is 36.4 Å². The lowest BCUT2D eigenvalue weighted by molar-refractivity contribution is -0.0499. The highest BCUT2D eigenvalue weighted by Crippen LogP contribution is 2.33. The Morgan fingerprint density at radius 2 is 1.68 bits per heavy atom. The number of halogens is 3. The lowest BCUT2D eigenvalue weighted by atomic mass is 10.1. The monoisotopic (exact) mass is 336 g/mol. The van der Waals surface area contributed by atoms with Crippen molar-refractivity contribution in [1.29, 1.82) is 0 Å². The molecule has 2 aromatic rings. The number of alkyl halides is 3. The first-order chi connectivity index (χ1) is 10.2. The molecule has 0 aliphatic heterocycles. The fourth-order valence-electron chi connectivity index (χ4n) is 1.59. The van der Waals surface area contributed by atoms with E-state index in [1.165, 1.54) is 19.2 Å². The highest BCUT2D eigenvalue weighted by Gasteiger charge is 2.48. The number of rotatable bonds is 3. The molecule has 4 nitrogen and oxygen atoms in total. The van der Waals surface area contributed by atoms with E-state index in [4.69, 9.17) is 4.74 Å². The average Bonchev–Trinajstić information content (AvgIpc) is 2.48. The van der Waals surface area contributed by atoms with Crippen molar-refractivity contribution >= 4 is 20.9 Å². The highest BCUT2D eigenvalue weighted by atomic mass is 32.2. The molecule has 0 aliphatic rings. The van der Waals surface area contributed by atoms with Crippen LogP contribution in [0.5, 0.6) is 11.5 Å². The van der Waals surface area contributed by atoms with Gasteiger partial charge in [-0.2, -0.15) is 21.6 Å². The molecule has 2 aromatic carbocycles. The van der Waals surface area contributed by atoms with E-state index in [1.54, 1.807) is 18.2 Å². The van der Waals surface area contributed by atoms with Gasteiger partial charge >= 0.3 is 15.6 Å². The maximum absolute atomic E-state index is 12.3. The SMILES string of the molecule is CC.COc1ccc2cccc(OS(=O)(=O)C(F)(F)F)c2c1. The van der Waals surface area contributed by atoms with Crippen LogP contribution in [0.4, 0.5) is 13.2 Å². The van der Waals surface area contributed by atoms with Gasteiger partial charge in [0.2, 0.25) is 0 Å². The molecule has 0 bridgehead atoms. The minimum absolute atomic E-state index is 0.208. The maximum Gasteiger partial charge on any atom is 0.534 e. The summed E-state index contributed by atoms with van der Waals surface area (Å²) in [6, 6.07) is 8.74. The fraction of sp³-hybridized carbons (Fsp3) is 0.286. The molecule has 0 fully saturated rings. The molecule has 2 rings (SSSR count). The van der Waals surface area contributed by atoms with Gasteiger partial charge in [0.25, 0.3) is 0 Å². The number of fused-ring (bicyclic) bond motifs is 1. The summed E-state index contributed by atoms with van der Waals surface area (Å²) in [4.78, 5) is 0. The Morgan fingerprint density at radius 3 is 2.23 bits per heavy atom.